The molecule has 3 unspecified atom stereocenters. The van der Waals surface area contributed by atoms with Crippen LogP contribution in [0.1, 0.15) is 83.8 Å². The van der Waals surface area contributed by atoms with Gasteiger partial charge < -0.3 is 0 Å². The fourth-order valence-corrected chi connectivity index (χ4v) is 5.36. The summed E-state index contributed by atoms with van der Waals surface area (Å²) < 4.78 is 0. The summed E-state index contributed by atoms with van der Waals surface area (Å²) in [6.07, 6.45) is 11.3. The van der Waals surface area contributed by atoms with Gasteiger partial charge in [-0.25, -0.2) is 0 Å². The molecule has 1 fully saturated rings. The molecule has 0 aliphatic heterocycles. The van der Waals surface area contributed by atoms with Crippen LogP contribution < -0.4 is 0 Å². The molecule has 0 bridgehead atoms. The Bertz CT molecular complexity index is 713. The molecular formula is C25H34. The minimum absolute atomic E-state index is 0.752. The Labute approximate surface area is 154 Å². The monoisotopic (exact) mass is 334 g/mol. The molecule has 0 radical (unpaired) electrons. The predicted molar refractivity (Wildman–Crippen MR) is 111 cm³/mol. The molecule has 0 spiro atoms. The van der Waals surface area contributed by atoms with Gasteiger partial charge in [0.2, 0.25) is 0 Å². The number of hydrogen-bond donors (Lipinski definition) is 0. The topological polar surface area (TPSA) is 0 Å². The van der Waals surface area contributed by atoms with Gasteiger partial charge in [-0.3, -0.25) is 0 Å². The molecule has 3 aliphatic rings. The Morgan fingerprint density at radius 3 is 2.36 bits per heavy atom. The zero-order valence-corrected chi connectivity index (χ0v) is 16.7. The summed E-state index contributed by atoms with van der Waals surface area (Å²) in [7, 11) is 0. The van der Waals surface area contributed by atoms with E-state index in [1.165, 1.54) is 32.1 Å². The SMILES string of the molecule is C/C=C1\C(=C/C)C2=C(CCC2)c2ccccc2C2C(CCC)C12.CC. The standard InChI is InChI=1S/C23H28.C2H6/c1-4-10-21-22-16(6-3)15(5-2)17-13-9-14-18(17)19-11-7-8-12-20(19)23(21)22;1-2/h5-8,11-12,21-23H,4,9-10,13-14H2,1-3H3;1-2H3/b15-5+,16-6+;. The van der Waals surface area contributed by atoms with Gasteiger partial charge >= 0.3 is 0 Å². The van der Waals surface area contributed by atoms with E-state index in [0.717, 1.165) is 17.8 Å². The summed E-state index contributed by atoms with van der Waals surface area (Å²) in [4.78, 5) is 0. The van der Waals surface area contributed by atoms with Crippen molar-refractivity contribution in [1.29, 1.82) is 0 Å². The van der Waals surface area contributed by atoms with E-state index in [2.05, 4.69) is 57.2 Å². The number of benzene rings is 1. The van der Waals surface area contributed by atoms with Gasteiger partial charge in [0.15, 0.2) is 0 Å². The molecular weight excluding hydrogens is 300 g/mol. The maximum Gasteiger partial charge on any atom is -0.00497 e. The van der Waals surface area contributed by atoms with Crippen molar-refractivity contribution >= 4 is 5.57 Å². The van der Waals surface area contributed by atoms with Crippen LogP contribution in [-0.4, -0.2) is 0 Å². The van der Waals surface area contributed by atoms with Gasteiger partial charge in [0.1, 0.15) is 0 Å². The Morgan fingerprint density at radius 2 is 1.68 bits per heavy atom. The van der Waals surface area contributed by atoms with Crippen LogP contribution in [0, 0.1) is 11.8 Å². The molecule has 0 aromatic heterocycles. The first-order valence-electron chi connectivity index (χ1n) is 10.5. The van der Waals surface area contributed by atoms with Crippen molar-refractivity contribution in [3.05, 3.63) is 64.3 Å². The third-order valence-electron chi connectivity index (χ3n) is 6.25. The Balaban J connectivity index is 0.000000880. The minimum Gasteiger partial charge on any atom is -0.0835 e. The third-order valence-corrected chi connectivity index (χ3v) is 6.25. The van der Waals surface area contributed by atoms with Crippen LogP contribution in [0.25, 0.3) is 5.57 Å². The Morgan fingerprint density at radius 1 is 0.960 bits per heavy atom. The van der Waals surface area contributed by atoms with E-state index >= 15 is 0 Å². The van der Waals surface area contributed by atoms with Crippen LogP contribution in [-0.2, 0) is 0 Å². The van der Waals surface area contributed by atoms with Crippen LogP contribution >= 0.6 is 0 Å². The number of fused-ring (bicyclic) bond motifs is 4. The zero-order chi connectivity index (χ0) is 18.0. The summed E-state index contributed by atoms with van der Waals surface area (Å²) in [5.41, 5.74) is 9.72. The molecule has 1 saturated carbocycles. The number of allylic oxidation sites excluding steroid dienone is 6. The highest BCUT2D eigenvalue weighted by atomic mass is 14.6. The summed E-state index contributed by atoms with van der Waals surface area (Å²) in [5, 5.41) is 0. The molecule has 3 atom stereocenters. The molecule has 25 heavy (non-hydrogen) atoms. The Kier molecular flexibility index (Phi) is 5.67. The lowest BCUT2D eigenvalue weighted by molar-refractivity contribution is 0.661. The van der Waals surface area contributed by atoms with Crippen molar-refractivity contribution in [3.63, 3.8) is 0 Å². The van der Waals surface area contributed by atoms with E-state index in [9.17, 15) is 0 Å². The fourth-order valence-electron chi connectivity index (χ4n) is 5.36. The lowest BCUT2D eigenvalue weighted by Gasteiger charge is -2.21. The van der Waals surface area contributed by atoms with Gasteiger partial charge in [0, 0.05) is 0 Å². The maximum atomic E-state index is 2.42. The summed E-state index contributed by atoms with van der Waals surface area (Å²) in [6, 6.07) is 9.29. The lowest BCUT2D eigenvalue weighted by atomic mass is 9.84. The second-order valence-electron chi connectivity index (χ2n) is 7.35. The first kappa shape index (κ1) is 18.2. The molecule has 0 amide bonds. The van der Waals surface area contributed by atoms with Gasteiger partial charge in [0.25, 0.3) is 0 Å². The second-order valence-corrected chi connectivity index (χ2v) is 7.35. The van der Waals surface area contributed by atoms with Crippen LogP contribution in [0.3, 0.4) is 0 Å². The third kappa shape index (κ3) is 2.94. The van der Waals surface area contributed by atoms with Crippen molar-refractivity contribution in [2.75, 3.05) is 0 Å². The molecule has 0 heteroatoms. The molecule has 4 rings (SSSR count). The van der Waals surface area contributed by atoms with E-state index in [0.29, 0.717) is 0 Å². The van der Waals surface area contributed by atoms with Crippen molar-refractivity contribution in [1.82, 2.24) is 0 Å². The van der Waals surface area contributed by atoms with Crippen LogP contribution in [0.15, 0.2) is 53.1 Å². The van der Waals surface area contributed by atoms with Crippen molar-refractivity contribution in [2.24, 2.45) is 11.8 Å². The highest BCUT2D eigenvalue weighted by molar-refractivity contribution is 5.80. The highest BCUT2D eigenvalue weighted by Crippen LogP contribution is 2.64. The average Bonchev–Trinajstić information content (AvgIpc) is 3.13. The summed E-state index contributed by atoms with van der Waals surface area (Å²) >= 11 is 0. The zero-order valence-electron chi connectivity index (χ0n) is 16.7. The van der Waals surface area contributed by atoms with E-state index in [1.54, 1.807) is 33.4 Å². The average molecular weight is 335 g/mol. The molecule has 1 aromatic rings. The summed E-state index contributed by atoms with van der Waals surface area (Å²) in [6.45, 7) is 10.8. The number of hydrogen-bond acceptors (Lipinski definition) is 0. The van der Waals surface area contributed by atoms with E-state index < -0.39 is 0 Å². The molecule has 0 saturated heterocycles. The minimum atomic E-state index is 0.752. The van der Waals surface area contributed by atoms with Gasteiger partial charge in [-0.05, 0) is 90.7 Å². The van der Waals surface area contributed by atoms with Gasteiger partial charge in [-0.1, -0.05) is 63.6 Å². The van der Waals surface area contributed by atoms with Crippen molar-refractivity contribution in [2.45, 2.75) is 72.6 Å². The van der Waals surface area contributed by atoms with Gasteiger partial charge in [-0.2, -0.15) is 0 Å². The highest BCUT2D eigenvalue weighted by Gasteiger charge is 2.54. The van der Waals surface area contributed by atoms with Gasteiger partial charge in [-0.15, -0.1) is 0 Å². The maximum absolute atomic E-state index is 2.42. The molecule has 134 valence electrons. The smallest absolute Gasteiger partial charge is 0.00497 e. The normalized spacial score (nSPS) is 30.0. The quantitative estimate of drug-likeness (QED) is 0.520. The molecule has 0 nitrogen and oxygen atoms in total. The summed E-state index contributed by atoms with van der Waals surface area (Å²) in [5.74, 6) is 2.35. The first-order chi connectivity index (χ1) is 12.3. The molecule has 1 aromatic carbocycles. The van der Waals surface area contributed by atoms with Crippen LogP contribution in [0.4, 0.5) is 0 Å². The second kappa shape index (κ2) is 7.77. The van der Waals surface area contributed by atoms with Crippen LogP contribution in [0.5, 0.6) is 0 Å². The molecule has 0 N–H and O–H groups in total. The van der Waals surface area contributed by atoms with Crippen molar-refractivity contribution in [3.8, 4) is 0 Å². The number of rotatable bonds is 2. The Hall–Kier alpha value is -1.56. The first-order valence-corrected chi connectivity index (χ1v) is 10.5. The van der Waals surface area contributed by atoms with Crippen molar-refractivity contribution < 1.29 is 0 Å². The predicted octanol–water partition coefficient (Wildman–Crippen LogP) is 7.69. The van der Waals surface area contributed by atoms with E-state index in [4.69, 9.17) is 0 Å². The van der Waals surface area contributed by atoms with E-state index in [-0.39, 0.29) is 0 Å². The molecule has 3 aliphatic carbocycles. The van der Waals surface area contributed by atoms with E-state index in [1.807, 2.05) is 13.8 Å². The van der Waals surface area contributed by atoms with Gasteiger partial charge in [0.05, 0.1) is 0 Å². The molecule has 0 heterocycles. The van der Waals surface area contributed by atoms with Crippen LogP contribution in [0.2, 0.25) is 0 Å². The largest absolute Gasteiger partial charge is 0.0835 e. The lowest BCUT2D eigenvalue weighted by Crippen LogP contribution is -2.03. The fraction of sp³-hybridized carbons (Fsp3) is 0.520.